The summed E-state index contributed by atoms with van der Waals surface area (Å²) in [5, 5.41) is 0. The van der Waals surface area contributed by atoms with Gasteiger partial charge in [0.1, 0.15) is 17.3 Å². The van der Waals surface area contributed by atoms with Gasteiger partial charge in [0.15, 0.2) is 11.9 Å². The predicted octanol–water partition coefficient (Wildman–Crippen LogP) is 2.84. The van der Waals surface area contributed by atoms with Crippen LogP contribution in [0.5, 0.6) is 11.5 Å². The summed E-state index contributed by atoms with van der Waals surface area (Å²) in [5.41, 5.74) is 0.431. The van der Waals surface area contributed by atoms with Crippen molar-refractivity contribution >= 4 is 17.8 Å². The molecule has 2 heterocycles. The Morgan fingerprint density at radius 2 is 2.13 bits per heavy atom. The van der Waals surface area contributed by atoms with Crippen LogP contribution in [0.15, 0.2) is 46.8 Å². The first kappa shape index (κ1) is 14.9. The van der Waals surface area contributed by atoms with E-state index in [0.717, 1.165) is 0 Å². The van der Waals surface area contributed by atoms with Gasteiger partial charge in [0, 0.05) is 12.1 Å². The Kier molecular flexibility index (Phi) is 3.89. The number of esters is 1. The Hall–Kier alpha value is -3.02. The molecular weight excluding hydrogens is 300 g/mol. The van der Waals surface area contributed by atoms with Crippen LogP contribution in [-0.4, -0.2) is 25.0 Å². The first-order valence-electron chi connectivity index (χ1n) is 6.95. The highest BCUT2D eigenvalue weighted by atomic mass is 16.6. The van der Waals surface area contributed by atoms with Crippen LogP contribution in [0.3, 0.4) is 0 Å². The lowest BCUT2D eigenvalue weighted by atomic mass is 10.1. The third kappa shape index (κ3) is 2.96. The molecule has 0 N–H and O–H groups in total. The van der Waals surface area contributed by atoms with E-state index in [0.29, 0.717) is 22.8 Å². The van der Waals surface area contributed by atoms with E-state index < -0.39 is 12.1 Å². The quantitative estimate of drug-likeness (QED) is 0.638. The Balaban J connectivity index is 1.81. The van der Waals surface area contributed by atoms with Crippen molar-refractivity contribution in [2.24, 2.45) is 0 Å². The molecule has 118 valence electrons. The maximum atomic E-state index is 12.3. The average Bonchev–Trinajstić information content (AvgIpc) is 3.15. The maximum absolute atomic E-state index is 12.3. The largest absolute Gasteiger partial charge is 0.479 e. The molecule has 0 unspecified atom stereocenters. The molecule has 1 aromatic carbocycles. The van der Waals surface area contributed by atoms with Crippen molar-refractivity contribution in [2.75, 3.05) is 7.11 Å². The minimum absolute atomic E-state index is 0.174. The van der Waals surface area contributed by atoms with E-state index in [4.69, 9.17) is 13.9 Å². The zero-order valence-corrected chi connectivity index (χ0v) is 12.6. The molecule has 1 aliphatic rings. The van der Waals surface area contributed by atoms with E-state index in [1.54, 1.807) is 37.3 Å². The van der Waals surface area contributed by atoms with Crippen LogP contribution in [0, 0.1) is 0 Å². The Morgan fingerprint density at radius 3 is 2.83 bits per heavy atom. The molecule has 0 saturated heterocycles. The molecule has 1 atom stereocenters. The van der Waals surface area contributed by atoms with Gasteiger partial charge >= 0.3 is 5.97 Å². The first-order chi connectivity index (χ1) is 11.1. The lowest BCUT2D eigenvalue weighted by Crippen LogP contribution is -2.24. The monoisotopic (exact) mass is 314 g/mol. The molecule has 0 spiro atoms. The summed E-state index contributed by atoms with van der Waals surface area (Å²) in [6.07, 6.45) is 2.28. The highest BCUT2D eigenvalue weighted by Crippen LogP contribution is 2.35. The number of rotatable bonds is 4. The van der Waals surface area contributed by atoms with Crippen molar-refractivity contribution in [3.05, 3.63) is 53.7 Å². The SMILES string of the molecule is COC(=O)[C@@H](C)Oc1ccc2c(c1)O/C(=C\c1ccco1)C2=O. The summed E-state index contributed by atoms with van der Waals surface area (Å²) < 4.78 is 20.8. The Bertz CT molecular complexity index is 772. The molecule has 1 aromatic heterocycles. The van der Waals surface area contributed by atoms with Crippen LogP contribution in [0.1, 0.15) is 23.0 Å². The van der Waals surface area contributed by atoms with Crippen molar-refractivity contribution in [1.29, 1.82) is 0 Å². The molecule has 6 nitrogen and oxygen atoms in total. The van der Waals surface area contributed by atoms with Crippen molar-refractivity contribution < 1.29 is 28.2 Å². The minimum Gasteiger partial charge on any atom is -0.479 e. The number of hydrogen-bond donors (Lipinski definition) is 0. The third-order valence-electron chi connectivity index (χ3n) is 3.30. The number of benzene rings is 1. The number of Topliss-reactive ketones (excluding diaryl/α,β-unsaturated/α-hetero) is 1. The van der Waals surface area contributed by atoms with Crippen LogP contribution >= 0.6 is 0 Å². The second kappa shape index (κ2) is 6.00. The maximum Gasteiger partial charge on any atom is 0.346 e. The zero-order chi connectivity index (χ0) is 16.4. The summed E-state index contributed by atoms with van der Waals surface area (Å²) in [5.74, 6) is 0.769. The minimum atomic E-state index is -0.756. The lowest BCUT2D eigenvalue weighted by molar-refractivity contribution is -0.147. The van der Waals surface area contributed by atoms with E-state index in [2.05, 4.69) is 4.74 Å². The Labute approximate surface area is 132 Å². The van der Waals surface area contributed by atoms with Crippen LogP contribution in [-0.2, 0) is 9.53 Å². The fourth-order valence-electron chi connectivity index (χ4n) is 2.16. The summed E-state index contributed by atoms with van der Waals surface area (Å²) >= 11 is 0. The van der Waals surface area contributed by atoms with Crippen molar-refractivity contribution in [1.82, 2.24) is 0 Å². The third-order valence-corrected chi connectivity index (χ3v) is 3.30. The number of ether oxygens (including phenoxy) is 3. The second-order valence-electron chi connectivity index (χ2n) is 4.90. The number of carbonyl (C=O) groups is 2. The van der Waals surface area contributed by atoms with Crippen molar-refractivity contribution in [3.8, 4) is 11.5 Å². The molecule has 6 heteroatoms. The predicted molar refractivity (Wildman–Crippen MR) is 80.2 cm³/mol. The average molecular weight is 314 g/mol. The van der Waals surface area contributed by atoms with Crippen LogP contribution < -0.4 is 9.47 Å². The van der Waals surface area contributed by atoms with Gasteiger partial charge in [-0.1, -0.05) is 0 Å². The molecule has 0 saturated carbocycles. The number of allylic oxidation sites excluding steroid dienone is 1. The normalized spacial score (nSPS) is 15.9. The van der Waals surface area contributed by atoms with E-state index in [9.17, 15) is 9.59 Å². The van der Waals surface area contributed by atoms with Crippen molar-refractivity contribution in [2.45, 2.75) is 13.0 Å². The van der Waals surface area contributed by atoms with E-state index >= 15 is 0 Å². The van der Waals surface area contributed by atoms with Gasteiger partial charge in [-0.15, -0.1) is 0 Å². The Morgan fingerprint density at radius 1 is 1.30 bits per heavy atom. The fraction of sp³-hybridized carbons (Fsp3) is 0.176. The molecule has 0 fully saturated rings. The molecule has 0 aliphatic carbocycles. The molecule has 2 aromatic rings. The van der Waals surface area contributed by atoms with E-state index in [1.807, 2.05) is 0 Å². The summed E-state index contributed by atoms with van der Waals surface area (Å²) in [6.45, 7) is 1.58. The number of carbonyl (C=O) groups excluding carboxylic acids is 2. The van der Waals surface area contributed by atoms with Gasteiger partial charge in [0.2, 0.25) is 5.78 Å². The molecule has 0 bridgehead atoms. The number of furan rings is 1. The number of hydrogen-bond acceptors (Lipinski definition) is 6. The van der Waals surface area contributed by atoms with Crippen LogP contribution in [0.2, 0.25) is 0 Å². The van der Waals surface area contributed by atoms with E-state index in [-0.39, 0.29) is 11.5 Å². The van der Waals surface area contributed by atoms with Gasteiger partial charge in [-0.2, -0.15) is 0 Å². The number of fused-ring (bicyclic) bond motifs is 1. The molecule has 3 rings (SSSR count). The highest BCUT2D eigenvalue weighted by molar-refractivity contribution is 6.14. The number of methoxy groups -OCH3 is 1. The van der Waals surface area contributed by atoms with Crippen LogP contribution in [0.25, 0.3) is 6.08 Å². The topological polar surface area (TPSA) is 75.0 Å². The zero-order valence-electron chi connectivity index (χ0n) is 12.6. The van der Waals surface area contributed by atoms with Crippen LogP contribution in [0.4, 0.5) is 0 Å². The van der Waals surface area contributed by atoms with Gasteiger partial charge < -0.3 is 18.6 Å². The summed E-state index contributed by atoms with van der Waals surface area (Å²) in [4.78, 5) is 23.6. The first-order valence-corrected chi connectivity index (χ1v) is 6.95. The van der Waals surface area contributed by atoms with Gasteiger partial charge in [0.05, 0.1) is 18.9 Å². The van der Waals surface area contributed by atoms with Gasteiger partial charge in [0.25, 0.3) is 0 Å². The fourth-order valence-corrected chi connectivity index (χ4v) is 2.16. The number of ketones is 1. The highest BCUT2D eigenvalue weighted by Gasteiger charge is 2.28. The second-order valence-corrected chi connectivity index (χ2v) is 4.90. The lowest BCUT2D eigenvalue weighted by Gasteiger charge is -2.12. The molecule has 23 heavy (non-hydrogen) atoms. The molecule has 0 amide bonds. The molecule has 0 radical (unpaired) electrons. The smallest absolute Gasteiger partial charge is 0.346 e. The van der Waals surface area contributed by atoms with Crippen molar-refractivity contribution in [3.63, 3.8) is 0 Å². The summed E-state index contributed by atoms with van der Waals surface area (Å²) in [7, 11) is 1.29. The molecule has 1 aliphatic heterocycles. The summed E-state index contributed by atoms with van der Waals surface area (Å²) in [6, 6.07) is 8.21. The van der Waals surface area contributed by atoms with Gasteiger partial charge in [-0.3, -0.25) is 4.79 Å². The van der Waals surface area contributed by atoms with Gasteiger partial charge in [-0.25, -0.2) is 4.79 Å². The van der Waals surface area contributed by atoms with Gasteiger partial charge in [-0.05, 0) is 31.2 Å². The molecular formula is C17H14O6. The standard InChI is InChI=1S/C17H14O6/c1-10(17(19)20-2)22-12-5-6-13-14(9-12)23-15(16(13)18)8-11-4-3-7-21-11/h3-10H,1-2H3/b15-8-/t10-/m1/s1. The van der Waals surface area contributed by atoms with E-state index in [1.165, 1.54) is 19.4 Å².